The van der Waals surface area contributed by atoms with Crippen molar-refractivity contribution in [3.63, 3.8) is 0 Å². The van der Waals surface area contributed by atoms with Crippen LogP contribution in [0.15, 0.2) is 18.7 Å². The van der Waals surface area contributed by atoms with Crippen LogP contribution in [0.5, 0.6) is 0 Å². The van der Waals surface area contributed by atoms with Crippen LogP contribution in [-0.2, 0) is 7.05 Å². The number of carbonyl (C=O) groups excluding carboxylic acids is 1. The smallest absolute Gasteiger partial charge is 0.278 e. The van der Waals surface area contributed by atoms with E-state index in [1.165, 1.54) is 23.4 Å². The summed E-state index contributed by atoms with van der Waals surface area (Å²) >= 11 is 0. The molecule has 2 aromatic heterocycles. The van der Waals surface area contributed by atoms with Crippen molar-refractivity contribution in [1.29, 1.82) is 0 Å². The van der Waals surface area contributed by atoms with Crippen LogP contribution in [0.2, 0.25) is 0 Å². The molecule has 2 aromatic rings. The number of amides is 1. The average molecular weight is 219 g/mol. The maximum absolute atomic E-state index is 11.6. The normalized spacial score (nSPS) is 10.1. The summed E-state index contributed by atoms with van der Waals surface area (Å²) in [5, 5.41) is 6.35. The number of nitrogens with zero attached hydrogens (tertiary/aromatic N) is 5. The number of hydrogen-bond acceptors (Lipinski definition) is 6. The van der Waals surface area contributed by atoms with E-state index in [1.807, 2.05) is 0 Å². The molecule has 8 nitrogen and oxygen atoms in total. The van der Waals surface area contributed by atoms with E-state index in [-0.39, 0.29) is 11.5 Å². The van der Waals surface area contributed by atoms with Crippen LogP contribution < -0.4 is 11.1 Å². The van der Waals surface area contributed by atoms with Gasteiger partial charge in [-0.05, 0) is 0 Å². The molecule has 0 saturated carbocycles. The number of nitrogen functional groups attached to an aromatic ring is 1. The van der Waals surface area contributed by atoms with Crippen molar-refractivity contribution in [2.75, 3.05) is 11.1 Å². The highest BCUT2D eigenvalue weighted by molar-refractivity contribution is 6.01. The molecule has 82 valence electrons. The largest absolute Gasteiger partial charge is 0.382 e. The SMILES string of the molecule is Cn1ncnc1NC(=O)c1cnc(N)cn1. The monoisotopic (exact) mass is 219 g/mol. The summed E-state index contributed by atoms with van der Waals surface area (Å²) in [6.45, 7) is 0. The molecule has 0 aliphatic carbocycles. The number of aryl methyl sites for hydroxylation is 1. The van der Waals surface area contributed by atoms with E-state index in [1.54, 1.807) is 7.05 Å². The van der Waals surface area contributed by atoms with Gasteiger partial charge in [0.25, 0.3) is 5.91 Å². The molecular weight excluding hydrogens is 210 g/mol. The summed E-state index contributed by atoms with van der Waals surface area (Å²) in [6.07, 6.45) is 3.94. The van der Waals surface area contributed by atoms with Crippen molar-refractivity contribution in [2.24, 2.45) is 7.05 Å². The standard InChI is InChI=1S/C8H9N7O/c1-15-8(12-4-13-15)14-7(16)5-2-11-6(9)3-10-5/h2-4H,1H3,(H2,9,11)(H,12,13,14,16). The van der Waals surface area contributed by atoms with Crippen molar-refractivity contribution in [3.8, 4) is 0 Å². The van der Waals surface area contributed by atoms with Crippen LogP contribution in [-0.4, -0.2) is 30.6 Å². The van der Waals surface area contributed by atoms with E-state index in [4.69, 9.17) is 5.73 Å². The lowest BCUT2D eigenvalue weighted by Crippen LogP contribution is -2.17. The molecule has 2 heterocycles. The Morgan fingerprint density at radius 2 is 2.19 bits per heavy atom. The van der Waals surface area contributed by atoms with Gasteiger partial charge >= 0.3 is 0 Å². The molecule has 0 saturated heterocycles. The number of anilines is 2. The summed E-state index contributed by atoms with van der Waals surface area (Å²) in [5.74, 6) is 0.183. The Labute approximate surface area is 90.5 Å². The molecule has 0 aromatic carbocycles. The molecule has 0 unspecified atom stereocenters. The third kappa shape index (κ3) is 1.95. The Balaban J connectivity index is 2.15. The Morgan fingerprint density at radius 3 is 2.75 bits per heavy atom. The molecule has 3 N–H and O–H groups in total. The van der Waals surface area contributed by atoms with Gasteiger partial charge in [0.15, 0.2) is 0 Å². The summed E-state index contributed by atoms with van der Waals surface area (Å²) in [7, 11) is 1.66. The molecule has 16 heavy (non-hydrogen) atoms. The summed E-state index contributed by atoms with van der Waals surface area (Å²) in [4.78, 5) is 23.1. The van der Waals surface area contributed by atoms with E-state index < -0.39 is 5.91 Å². The topological polar surface area (TPSA) is 112 Å². The first-order valence-electron chi connectivity index (χ1n) is 4.39. The molecule has 0 atom stereocenters. The van der Waals surface area contributed by atoms with Crippen LogP contribution in [0.3, 0.4) is 0 Å². The van der Waals surface area contributed by atoms with Gasteiger partial charge in [-0.1, -0.05) is 0 Å². The first-order valence-corrected chi connectivity index (χ1v) is 4.39. The number of rotatable bonds is 2. The van der Waals surface area contributed by atoms with Crippen LogP contribution >= 0.6 is 0 Å². The van der Waals surface area contributed by atoms with Gasteiger partial charge in [0.2, 0.25) is 5.95 Å². The summed E-state index contributed by atoms with van der Waals surface area (Å²) in [5.41, 5.74) is 5.52. The Morgan fingerprint density at radius 1 is 1.38 bits per heavy atom. The summed E-state index contributed by atoms with van der Waals surface area (Å²) < 4.78 is 1.43. The lowest BCUT2D eigenvalue weighted by Gasteiger charge is -2.02. The lowest BCUT2D eigenvalue weighted by atomic mass is 10.4. The van der Waals surface area contributed by atoms with E-state index in [2.05, 4.69) is 25.4 Å². The maximum atomic E-state index is 11.6. The highest BCUT2D eigenvalue weighted by atomic mass is 16.2. The van der Waals surface area contributed by atoms with Crippen LogP contribution in [0.1, 0.15) is 10.5 Å². The Kier molecular flexibility index (Phi) is 2.46. The second kappa shape index (κ2) is 3.93. The van der Waals surface area contributed by atoms with Crippen molar-refractivity contribution in [2.45, 2.75) is 0 Å². The molecular formula is C8H9N7O. The maximum Gasteiger partial charge on any atom is 0.278 e. The van der Waals surface area contributed by atoms with Crippen molar-refractivity contribution in [3.05, 3.63) is 24.4 Å². The number of nitrogens with one attached hydrogen (secondary N) is 1. The Bertz CT molecular complexity index is 503. The third-order valence-electron chi connectivity index (χ3n) is 1.84. The van der Waals surface area contributed by atoms with Gasteiger partial charge in [-0.2, -0.15) is 10.1 Å². The number of aromatic nitrogens is 5. The van der Waals surface area contributed by atoms with E-state index in [0.29, 0.717) is 5.95 Å². The Hall–Kier alpha value is -2.51. The van der Waals surface area contributed by atoms with Gasteiger partial charge < -0.3 is 5.73 Å². The number of hydrogen-bond donors (Lipinski definition) is 2. The minimum Gasteiger partial charge on any atom is -0.382 e. The van der Waals surface area contributed by atoms with E-state index in [9.17, 15) is 4.79 Å². The van der Waals surface area contributed by atoms with Gasteiger partial charge in [0, 0.05) is 7.05 Å². The third-order valence-corrected chi connectivity index (χ3v) is 1.84. The molecule has 0 radical (unpaired) electrons. The van der Waals surface area contributed by atoms with Crippen molar-refractivity contribution < 1.29 is 4.79 Å². The van der Waals surface area contributed by atoms with Crippen LogP contribution in [0.4, 0.5) is 11.8 Å². The van der Waals surface area contributed by atoms with Gasteiger partial charge in [-0.3, -0.25) is 10.1 Å². The van der Waals surface area contributed by atoms with Crippen LogP contribution in [0.25, 0.3) is 0 Å². The fraction of sp³-hybridized carbons (Fsp3) is 0.125. The second-order valence-corrected chi connectivity index (χ2v) is 2.99. The predicted molar refractivity (Wildman–Crippen MR) is 55.4 cm³/mol. The molecule has 1 amide bonds. The first kappa shape index (κ1) is 10.0. The van der Waals surface area contributed by atoms with Gasteiger partial charge in [-0.25, -0.2) is 14.6 Å². The molecule has 8 heteroatoms. The molecule has 0 spiro atoms. The number of carbonyl (C=O) groups is 1. The minimum atomic E-state index is -0.413. The molecule has 0 bridgehead atoms. The predicted octanol–water partition coefficient (Wildman–Crippen LogP) is -0.560. The summed E-state index contributed by atoms with van der Waals surface area (Å²) in [6, 6.07) is 0. The van der Waals surface area contributed by atoms with E-state index >= 15 is 0 Å². The highest BCUT2D eigenvalue weighted by Gasteiger charge is 2.10. The van der Waals surface area contributed by atoms with Crippen LogP contribution in [0, 0.1) is 0 Å². The zero-order valence-corrected chi connectivity index (χ0v) is 8.45. The van der Waals surface area contributed by atoms with Crippen molar-refractivity contribution in [1.82, 2.24) is 24.7 Å². The molecule has 0 aliphatic heterocycles. The van der Waals surface area contributed by atoms with Gasteiger partial charge in [0.1, 0.15) is 17.8 Å². The molecule has 0 fully saturated rings. The van der Waals surface area contributed by atoms with Gasteiger partial charge in [0.05, 0.1) is 12.4 Å². The first-order chi connectivity index (χ1) is 7.66. The fourth-order valence-corrected chi connectivity index (χ4v) is 1.03. The van der Waals surface area contributed by atoms with Gasteiger partial charge in [-0.15, -0.1) is 0 Å². The highest BCUT2D eigenvalue weighted by Crippen LogP contribution is 2.02. The average Bonchev–Trinajstić information content (AvgIpc) is 2.65. The molecule has 0 aliphatic rings. The lowest BCUT2D eigenvalue weighted by molar-refractivity contribution is 0.102. The molecule has 2 rings (SSSR count). The quantitative estimate of drug-likeness (QED) is 0.700. The fourth-order valence-electron chi connectivity index (χ4n) is 1.03. The van der Waals surface area contributed by atoms with E-state index in [0.717, 1.165) is 0 Å². The van der Waals surface area contributed by atoms with Crippen molar-refractivity contribution >= 4 is 17.7 Å². The number of nitrogens with two attached hydrogens (primary N) is 1. The zero-order chi connectivity index (χ0) is 11.5. The second-order valence-electron chi connectivity index (χ2n) is 2.99. The minimum absolute atomic E-state index is 0.164. The zero-order valence-electron chi connectivity index (χ0n) is 8.45.